The van der Waals surface area contributed by atoms with E-state index in [2.05, 4.69) is 0 Å². The topological polar surface area (TPSA) is 70.0 Å². The Morgan fingerprint density at radius 2 is 1.94 bits per heavy atom. The molecule has 92 valence electrons. The van der Waals surface area contributed by atoms with Gasteiger partial charge in [-0.25, -0.2) is 13.1 Å². The van der Waals surface area contributed by atoms with Gasteiger partial charge in [-0.3, -0.25) is 0 Å². The van der Waals surface area contributed by atoms with Crippen LogP contribution in [-0.4, -0.2) is 15.5 Å². The number of sulfonamides is 1. The summed E-state index contributed by atoms with van der Waals surface area (Å²) in [5.74, 6) is 0. The van der Waals surface area contributed by atoms with Crippen LogP contribution < -0.4 is 4.72 Å². The van der Waals surface area contributed by atoms with E-state index >= 15 is 0 Å². The maximum absolute atomic E-state index is 12.5. The number of nitrogens with one attached hydrogen (secondary N) is 1. The molecule has 4 nitrogen and oxygen atoms in total. The fraction of sp³-hybridized carbons (Fsp3) is 0.222. The minimum absolute atomic E-state index is 0.435. The van der Waals surface area contributed by atoms with Crippen LogP contribution in [0.1, 0.15) is 11.1 Å². The van der Waals surface area contributed by atoms with Gasteiger partial charge < -0.3 is 0 Å². The smallest absolute Gasteiger partial charge is 0.214 e. The van der Waals surface area contributed by atoms with Crippen molar-refractivity contribution in [2.45, 2.75) is 11.1 Å². The number of benzene rings is 1. The molecule has 0 bridgehead atoms. The zero-order chi connectivity index (χ0) is 13.3. The molecular weight excluding hydrogens is 257 g/mol. The zero-order valence-corrected chi connectivity index (χ0v) is 9.35. The van der Waals surface area contributed by atoms with E-state index in [9.17, 15) is 21.6 Å². The molecule has 0 unspecified atom stereocenters. The first-order valence-electron chi connectivity index (χ1n) is 4.27. The SMILES string of the molecule is CNS(=O)(=O)c1ccc(C#N)c(C(F)(F)F)c1. The summed E-state index contributed by atoms with van der Waals surface area (Å²) < 4.78 is 62.2. The molecule has 0 fully saturated rings. The van der Waals surface area contributed by atoms with Crippen molar-refractivity contribution in [2.24, 2.45) is 0 Å². The van der Waals surface area contributed by atoms with E-state index in [1.54, 1.807) is 0 Å². The maximum Gasteiger partial charge on any atom is 0.417 e. The molecule has 0 atom stereocenters. The Bertz CT molecular complexity index is 573. The normalized spacial score (nSPS) is 12.2. The Balaban J connectivity index is 3.51. The average Bonchev–Trinajstić information content (AvgIpc) is 2.27. The lowest BCUT2D eigenvalue weighted by Crippen LogP contribution is -2.19. The molecule has 0 aliphatic carbocycles. The third kappa shape index (κ3) is 2.75. The first-order valence-corrected chi connectivity index (χ1v) is 5.75. The largest absolute Gasteiger partial charge is 0.417 e. The van der Waals surface area contributed by atoms with Crippen LogP contribution in [0.15, 0.2) is 23.1 Å². The van der Waals surface area contributed by atoms with Gasteiger partial charge in [0.25, 0.3) is 0 Å². The van der Waals surface area contributed by atoms with Crippen molar-refractivity contribution < 1.29 is 21.6 Å². The van der Waals surface area contributed by atoms with Crippen molar-refractivity contribution >= 4 is 10.0 Å². The highest BCUT2D eigenvalue weighted by Crippen LogP contribution is 2.33. The molecule has 0 aliphatic rings. The minimum atomic E-state index is -4.77. The highest BCUT2D eigenvalue weighted by Gasteiger charge is 2.34. The molecule has 0 spiro atoms. The van der Waals surface area contributed by atoms with Crippen LogP contribution in [-0.2, 0) is 16.2 Å². The fourth-order valence-electron chi connectivity index (χ4n) is 1.14. The number of alkyl halides is 3. The van der Waals surface area contributed by atoms with Gasteiger partial charge in [-0.2, -0.15) is 18.4 Å². The summed E-state index contributed by atoms with van der Waals surface area (Å²) in [6, 6.07) is 3.57. The molecule has 0 heterocycles. The van der Waals surface area contributed by atoms with Crippen LogP contribution in [0.5, 0.6) is 0 Å². The Morgan fingerprint density at radius 3 is 2.35 bits per heavy atom. The molecular formula is C9H7F3N2O2S. The second kappa shape index (κ2) is 4.35. The Labute approximate surface area is 95.7 Å². The van der Waals surface area contributed by atoms with Gasteiger partial charge in [0.05, 0.1) is 22.1 Å². The van der Waals surface area contributed by atoms with E-state index in [-0.39, 0.29) is 0 Å². The number of nitrogens with zero attached hydrogens (tertiary/aromatic N) is 1. The Hall–Kier alpha value is -1.59. The van der Waals surface area contributed by atoms with Crippen molar-refractivity contribution in [3.05, 3.63) is 29.3 Å². The van der Waals surface area contributed by atoms with Crippen molar-refractivity contribution in [1.29, 1.82) is 5.26 Å². The van der Waals surface area contributed by atoms with E-state index in [1.165, 1.54) is 6.07 Å². The van der Waals surface area contributed by atoms with Gasteiger partial charge in [0, 0.05) is 0 Å². The summed E-state index contributed by atoms with van der Waals surface area (Å²) >= 11 is 0. The zero-order valence-electron chi connectivity index (χ0n) is 8.54. The van der Waals surface area contributed by atoms with Crippen LogP contribution in [0.3, 0.4) is 0 Å². The molecule has 17 heavy (non-hydrogen) atoms. The third-order valence-corrected chi connectivity index (χ3v) is 3.41. The van der Waals surface area contributed by atoms with Gasteiger partial charge in [-0.1, -0.05) is 0 Å². The average molecular weight is 264 g/mol. The van der Waals surface area contributed by atoms with Crippen LogP contribution in [0.25, 0.3) is 0 Å². The highest BCUT2D eigenvalue weighted by molar-refractivity contribution is 7.89. The molecule has 1 rings (SSSR count). The van der Waals surface area contributed by atoms with Crippen molar-refractivity contribution in [1.82, 2.24) is 4.72 Å². The monoisotopic (exact) mass is 264 g/mol. The summed E-state index contributed by atoms with van der Waals surface area (Å²) in [6.07, 6.45) is -4.77. The van der Waals surface area contributed by atoms with Gasteiger partial charge in [0.2, 0.25) is 10.0 Å². The molecule has 1 aromatic carbocycles. The molecule has 0 saturated carbocycles. The van der Waals surface area contributed by atoms with Crippen molar-refractivity contribution in [2.75, 3.05) is 7.05 Å². The molecule has 0 amide bonds. The second-order valence-corrected chi connectivity index (χ2v) is 4.91. The molecule has 8 heteroatoms. The molecule has 0 aliphatic heterocycles. The predicted octanol–water partition coefficient (Wildman–Crippen LogP) is 1.49. The first-order chi connectivity index (χ1) is 7.72. The van der Waals surface area contributed by atoms with Crippen LogP contribution in [0.2, 0.25) is 0 Å². The number of halogens is 3. The van der Waals surface area contributed by atoms with Crippen molar-refractivity contribution in [3.63, 3.8) is 0 Å². The van der Waals surface area contributed by atoms with Gasteiger partial charge in [-0.05, 0) is 25.2 Å². The van der Waals surface area contributed by atoms with Gasteiger partial charge in [-0.15, -0.1) is 0 Å². The molecule has 0 saturated heterocycles. The summed E-state index contributed by atoms with van der Waals surface area (Å²) in [5, 5.41) is 8.52. The summed E-state index contributed by atoms with van der Waals surface area (Å²) in [5.41, 5.74) is -1.89. The lowest BCUT2D eigenvalue weighted by Gasteiger charge is -2.10. The molecule has 1 N–H and O–H groups in total. The van der Waals surface area contributed by atoms with E-state index in [1.807, 2.05) is 4.72 Å². The third-order valence-electron chi connectivity index (χ3n) is 2.00. The highest BCUT2D eigenvalue weighted by atomic mass is 32.2. The number of rotatable bonds is 2. The molecule has 1 aromatic rings. The Morgan fingerprint density at radius 1 is 1.35 bits per heavy atom. The standard InChI is InChI=1S/C9H7F3N2O2S/c1-14-17(15,16)7-3-2-6(5-13)8(4-7)9(10,11)12/h2-4,14H,1H3. The lowest BCUT2D eigenvalue weighted by atomic mass is 10.1. The quantitative estimate of drug-likeness (QED) is 0.879. The maximum atomic E-state index is 12.5. The number of hydrogen-bond acceptors (Lipinski definition) is 3. The predicted molar refractivity (Wildman–Crippen MR) is 52.4 cm³/mol. The van der Waals surface area contributed by atoms with E-state index in [0.717, 1.165) is 19.2 Å². The van der Waals surface area contributed by atoms with Crippen LogP contribution in [0, 0.1) is 11.3 Å². The Kier molecular flexibility index (Phi) is 3.45. The first kappa shape index (κ1) is 13.5. The summed E-state index contributed by atoms with van der Waals surface area (Å²) in [6.45, 7) is 0. The lowest BCUT2D eigenvalue weighted by molar-refractivity contribution is -0.137. The molecule has 0 aromatic heterocycles. The number of hydrogen-bond donors (Lipinski definition) is 1. The van der Waals surface area contributed by atoms with Gasteiger partial charge >= 0.3 is 6.18 Å². The minimum Gasteiger partial charge on any atom is -0.214 e. The van der Waals surface area contributed by atoms with Gasteiger partial charge in [0.15, 0.2) is 0 Å². The van der Waals surface area contributed by atoms with E-state index < -0.39 is 32.2 Å². The van der Waals surface area contributed by atoms with E-state index in [4.69, 9.17) is 5.26 Å². The second-order valence-electron chi connectivity index (χ2n) is 3.02. The summed E-state index contributed by atoms with van der Waals surface area (Å²) in [4.78, 5) is -0.536. The van der Waals surface area contributed by atoms with Gasteiger partial charge in [0.1, 0.15) is 0 Å². The molecule has 0 radical (unpaired) electrons. The fourth-order valence-corrected chi connectivity index (χ4v) is 1.90. The number of nitriles is 1. The van der Waals surface area contributed by atoms with Crippen LogP contribution >= 0.6 is 0 Å². The van der Waals surface area contributed by atoms with Crippen molar-refractivity contribution in [3.8, 4) is 6.07 Å². The van der Waals surface area contributed by atoms with E-state index in [0.29, 0.717) is 6.07 Å². The summed E-state index contributed by atoms with van der Waals surface area (Å²) in [7, 11) is -2.88. The van der Waals surface area contributed by atoms with Crippen LogP contribution in [0.4, 0.5) is 13.2 Å².